The number of aliphatic hydroxyl groups is 1. The Bertz CT molecular complexity index is 289. The van der Waals surface area contributed by atoms with Gasteiger partial charge in [-0.1, -0.05) is 0 Å². The van der Waals surface area contributed by atoms with Crippen LogP contribution < -0.4 is 5.32 Å². The van der Waals surface area contributed by atoms with Crippen LogP contribution in [0.5, 0.6) is 0 Å². The van der Waals surface area contributed by atoms with Crippen molar-refractivity contribution >= 4 is 22.2 Å². The number of halogens is 1. The van der Waals surface area contributed by atoms with E-state index in [2.05, 4.69) is 5.32 Å². The first kappa shape index (κ1) is 12.2. The van der Waals surface area contributed by atoms with Crippen LogP contribution in [-0.4, -0.2) is 43.7 Å². The second kappa shape index (κ2) is 4.35. The fourth-order valence-corrected chi connectivity index (χ4v) is 3.44. The number of hydrogen-bond donors (Lipinski definition) is 2. The number of rotatable bonds is 3. The quantitative estimate of drug-likeness (QED) is 0.704. The molecular formula is C8H16ClNO3S. The topological polar surface area (TPSA) is 66.4 Å². The predicted octanol–water partition coefficient (Wildman–Crippen LogP) is -0.434. The number of nitrogens with one attached hydrogen (secondary N) is 1. The molecule has 0 amide bonds. The van der Waals surface area contributed by atoms with Crippen molar-refractivity contribution < 1.29 is 13.5 Å². The molecule has 14 heavy (non-hydrogen) atoms. The fourth-order valence-electron chi connectivity index (χ4n) is 1.66. The molecule has 2 aliphatic rings. The highest BCUT2D eigenvalue weighted by Crippen LogP contribution is 2.28. The molecule has 0 spiro atoms. The molecule has 0 aromatic heterocycles. The van der Waals surface area contributed by atoms with Crippen molar-refractivity contribution in [3.63, 3.8) is 0 Å². The minimum absolute atomic E-state index is 0. The molecule has 1 saturated heterocycles. The van der Waals surface area contributed by atoms with Crippen molar-refractivity contribution in [3.05, 3.63) is 0 Å². The molecule has 2 fully saturated rings. The summed E-state index contributed by atoms with van der Waals surface area (Å²) in [7, 11) is -2.98. The Morgan fingerprint density at radius 3 is 2.36 bits per heavy atom. The molecule has 4 nitrogen and oxygen atoms in total. The van der Waals surface area contributed by atoms with E-state index in [1.165, 1.54) is 12.8 Å². The molecule has 1 aliphatic carbocycles. The lowest BCUT2D eigenvalue weighted by Crippen LogP contribution is -2.39. The molecule has 84 valence electrons. The summed E-state index contributed by atoms with van der Waals surface area (Å²) < 4.78 is 22.2. The van der Waals surface area contributed by atoms with E-state index in [-0.39, 0.29) is 30.0 Å². The van der Waals surface area contributed by atoms with Gasteiger partial charge < -0.3 is 10.4 Å². The van der Waals surface area contributed by atoms with Gasteiger partial charge in [-0.25, -0.2) is 8.42 Å². The van der Waals surface area contributed by atoms with Crippen LogP contribution in [0.2, 0.25) is 0 Å². The van der Waals surface area contributed by atoms with Gasteiger partial charge >= 0.3 is 0 Å². The predicted molar refractivity (Wildman–Crippen MR) is 56.4 cm³/mol. The molecule has 2 N–H and O–H groups in total. The Hall–Kier alpha value is 0.160. The molecule has 0 unspecified atom stereocenters. The molecule has 2 atom stereocenters. The van der Waals surface area contributed by atoms with Crippen molar-refractivity contribution in [3.8, 4) is 0 Å². The Kier molecular flexibility index (Phi) is 3.80. The van der Waals surface area contributed by atoms with Crippen LogP contribution in [-0.2, 0) is 9.84 Å². The molecule has 1 heterocycles. The minimum atomic E-state index is -2.98. The minimum Gasteiger partial charge on any atom is -0.390 e. The van der Waals surface area contributed by atoms with Crippen molar-refractivity contribution in [2.75, 3.05) is 18.1 Å². The third kappa shape index (κ3) is 3.08. The Balaban J connectivity index is 0.000000980. The van der Waals surface area contributed by atoms with Gasteiger partial charge in [-0.15, -0.1) is 12.4 Å². The maximum absolute atomic E-state index is 11.1. The average Bonchev–Trinajstić information content (AvgIpc) is 2.75. The van der Waals surface area contributed by atoms with Crippen LogP contribution in [0, 0.1) is 5.92 Å². The lowest BCUT2D eigenvalue weighted by atomic mass is 10.2. The molecule has 2 rings (SSSR count). The fraction of sp³-hybridized carbons (Fsp3) is 1.00. The third-order valence-corrected chi connectivity index (χ3v) is 4.40. The summed E-state index contributed by atoms with van der Waals surface area (Å²) in [6.07, 6.45) is 1.77. The first-order valence-electron chi connectivity index (χ1n) is 4.69. The summed E-state index contributed by atoms with van der Waals surface area (Å²) in [5.41, 5.74) is 0. The smallest absolute Gasteiger partial charge is 0.154 e. The van der Waals surface area contributed by atoms with Crippen LogP contribution in [0.15, 0.2) is 0 Å². The van der Waals surface area contributed by atoms with Gasteiger partial charge in [-0.3, -0.25) is 0 Å². The SMILES string of the molecule is Cl.O=S1(=O)C[C@@H](O)[C@H](NCC2CC2)C1. The van der Waals surface area contributed by atoms with Crippen LogP contribution in [0.25, 0.3) is 0 Å². The summed E-state index contributed by atoms with van der Waals surface area (Å²) in [5, 5.41) is 12.5. The summed E-state index contributed by atoms with van der Waals surface area (Å²) >= 11 is 0. The molecule has 0 aromatic carbocycles. The van der Waals surface area contributed by atoms with Gasteiger partial charge in [0.1, 0.15) is 0 Å². The molecule has 0 aromatic rings. The lowest BCUT2D eigenvalue weighted by Gasteiger charge is -2.13. The number of sulfone groups is 1. The van der Waals surface area contributed by atoms with Crippen molar-refractivity contribution in [2.45, 2.75) is 25.0 Å². The lowest BCUT2D eigenvalue weighted by molar-refractivity contribution is 0.165. The first-order chi connectivity index (χ1) is 6.07. The van der Waals surface area contributed by atoms with E-state index in [1.54, 1.807) is 0 Å². The first-order valence-corrected chi connectivity index (χ1v) is 6.51. The van der Waals surface area contributed by atoms with Crippen LogP contribution in [0.4, 0.5) is 0 Å². The summed E-state index contributed by atoms with van der Waals surface area (Å²) in [6, 6.07) is -0.231. The normalized spacial score (nSPS) is 35.2. The van der Waals surface area contributed by atoms with Gasteiger partial charge in [-0.05, 0) is 25.3 Å². The van der Waals surface area contributed by atoms with E-state index >= 15 is 0 Å². The molecule has 6 heteroatoms. The van der Waals surface area contributed by atoms with Crippen LogP contribution >= 0.6 is 12.4 Å². The second-order valence-electron chi connectivity index (χ2n) is 4.10. The Labute approximate surface area is 90.4 Å². The molecule has 1 saturated carbocycles. The van der Waals surface area contributed by atoms with Crippen LogP contribution in [0.3, 0.4) is 0 Å². The zero-order chi connectivity index (χ0) is 9.47. The Morgan fingerprint density at radius 1 is 1.29 bits per heavy atom. The molecule has 0 bridgehead atoms. The van der Waals surface area contributed by atoms with Crippen molar-refractivity contribution in [2.24, 2.45) is 5.92 Å². The van der Waals surface area contributed by atoms with Crippen molar-refractivity contribution in [1.82, 2.24) is 5.32 Å². The zero-order valence-corrected chi connectivity index (χ0v) is 9.48. The molecular weight excluding hydrogens is 226 g/mol. The van der Waals surface area contributed by atoms with Gasteiger partial charge in [0, 0.05) is 6.04 Å². The molecule has 0 radical (unpaired) electrons. The van der Waals surface area contributed by atoms with E-state index in [0.29, 0.717) is 0 Å². The number of aliphatic hydroxyl groups excluding tert-OH is 1. The van der Waals surface area contributed by atoms with Gasteiger partial charge in [0.25, 0.3) is 0 Å². The van der Waals surface area contributed by atoms with Gasteiger partial charge in [0.05, 0.1) is 17.6 Å². The monoisotopic (exact) mass is 241 g/mol. The van der Waals surface area contributed by atoms with E-state index in [1.807, 2.05) is 0 Å². The standard InChI is InChI=1S/C8H15NO3S.ClH/c10-8-5-13(11,12)4-7(8)9-3-6-1-2-6;/h6-10H,1-5H2;1H/t7-,8-;/m1./s1. The van der Waals surface area contributed by atoms with E-state index < -0.39 is 15.9 Å². The largest absolute Gasteiger partial charge is 0.390 e. The maximum Gasteiger partial charge on any atom is 0.154 e. The second-order valence-corrected chi connectivity index (χ2v) is 6.26. The number of hydrogen-bond acceptors (Lipinski definition) is 4. The van der Waals surface area contributed by atoms with Crippen LogP contribution in [0.1, 0.15) is 12.8 Å². The highest BCUT2D eigenvalue weighted by atomic mass is 35.5. The highest BCUT2D eigenvalue weighted by molar-refractivity contribution is 7.91. The van der Waals surface area contributed by atoms with E-state index in [9.17, 15) is 13.5 Å². The summed E-state index contributed by atoms with van der Waals surface area (Å²) in [4.78, 5) is 0. The van der Waals surface area contributed by atoms with Crippen molar-refractivity contribution in [1.29, 1.82) is 0 Å². The highest BCUT2D eigenvalue weighted by Gasteiger charge is 2.36. The van der Waals surface area contributed by atoms with E-state index in [0.717, 1.165) is 12.5 Å². The van der Waals surface area contributed by atoms with E-state index in [4.69, 9.17) is 0 Å². The maximum atomic E-state index is 11.1. The zero-order valence-electron chi connectivity index (χ0n) is 7.85. The molecule has 1 aliphatic heterocycles. The Morgan fingerprint density at radius 2 is 1.93 bits per heavy atom. The summed E-state index contributed by atoms with van der Waals surface area (Å²) in [6.45, 7) is 0.858. The van der Waals surface area contributed by atoms with Gasteiger partial charge in [0.15, 0.2) is 9.84 Å². The van der Waals surface area contributed by atoms with Gasteiger partial charge in [-0.2, -0.15) is 0 Å². The summed E-state index contributed by atoms with van der Waals surface area (Å²) in [5.74, 6) is 0.742. The average molecular weight is 242 g/mol. The van der Waals surface area contributed by atoms with Gasteiger partial charge in [0.2, 0.25) is 0 Å². The third-order valence-electron chi connectivity index (χ3n) is 2.69.